The summed E-state index contributed by atoms with van der Waals surface area (Å²) in [7, 11) is 0. The molecule has 1 saturated heterocycles. The average Bonchev–Trinajstić information content (AvgIpc) is 2.44. The molecule has 1 aromatic heterocycles. The minimum absolute atomic E-state index is 0.373. The first kappa shape index (κ1) is 14.6. The maximum absolute atomic E-state index is 12.8. The standard InChI is InChI=1S/C15H20F3N3/c1-10(2)20-5-6-21-13(9-20)4-3-11-7-12(15(16,17)18)8-19-14(11)21/h7-8,10,13H,3-6,9H2,1-2H3. The van der Waals surface area contributed by atoms with E-state index in [1.54, 1.807) is 0 Å². The summed E-state index contributed by atoms with van der Waals surface area (Å²) in [6, 6.07) is 2.15. The molecule has 21 heavy (non-hydrogen) atoms. The van der Waals surface area contributed by atoms with Gasteiger partial charge >= 0.3 is 6.18 Å². The molecule has 3 heterocycles. The van der Waals surface area contributed by atoms with E-state index < -0.39 is 11.7 Å². The topological polar surface area (TPSA) is 19.4 Å². The van der Waals surface area contributed by atoms with Gasteiger partial charge in [-0.1, -0.05) is 0 Å². The predicted molar refractivity (Wildman–Crippen MR) is 75.4 cm³/mol. The van der Waals surface area contributed by atoms with Crippen molar-refractivity contribution in [2.75, 3.05) is 24.5 Å². The lowest BCUT2D eigenvalue weighted by molar-refractivity contribution is -0.137. The van der Waals surface area contributed by atoms with Gasteiger partial charge in [0.2, 0.25) is 0 Å². The Hall–Kier alpha value is -1.30. The van der Waals surface area contributed by atoms with Crippen LogP contribution in [0.25, 0.3) is 0 Å². The summed E-state index contributed by atoms with van der Waals surface area (Å²) in [6.07, 6.45) is -1.76. The van der Waals surface area contributed by atoms with Gasteiger partial charge < -0.3 is 4.90 Å². The molecule has 6 heteroatoms. The highest BCUT2D eigenvalue weighted by atomic mass is 19.4. The Kier molecular flexibility index (Phi) is 3.59. The lowest BCUT2D eigenvalue weighted by Gasteiger charge is -2.46. The molecule has 3 nitrogen and oxygen atoms in total. The molecule has 1 atom stereocenters. The van der Waals surface area contributed by atoms with Crippen LogP contribution < -0.4 is 4.90 Å². The number of hydrogen-bond acceptors (Lipinski definition) is 3. The molecule has 1 fully saturated rings. The van der Waals surface area contributed by atoms with Crippen molar-refractivity contribution in [2.45, 2.75) is 44.9 Å². The third-order valence-electron chi connectivity index (χ3n) is 4.53. The van der Waals surface area contributed by atoms with Gasteiger partial charge in [0.15, 0.2) is 0 Å². The first-order valence-corrected chi connectivity index (χ1v) is 7.43. The van der Waals surface area contributed by atoms with Gasteiger partial charge in [-0.15, -0.1) is 0 Å². The third kappa shape index (κ3) is 2.73. The van der Waals surface area contributed by atoms with Crippen LogP contribution in [-0.4, -0.2) is 41.6 Å². The minimum atomic E-state index is -4.31. The van der Waals surface area contributed by atoms with Crippen molar-refractivity contribution in [3.63, 3.8) is 0 Å². The molecule has 0 saturated carbocycles. The Bertz CT molecular complexity index is 527. The van der Waals surface area contributed by atoms with Crippen LogP contribution in [0.3, 0.4) is 0 Å². The highest BCUT2D eigenvalue weighted by molar-refractivity contribution is 5.52. The zero-order chi connectivity index (χ0) is 15.2. The Morgan fingerprint density at radius 2 is 2.05 bits per heavy atom. The van der Waals surface area contributed by atoms with E-state index in [0.29, 0.717) is 18.5 Å². The van der Waals surface area contributed by atoms with E-state index >= 15 is 0 Å². The first-order valence-electron chi connectivity index (χ1n) is 7.43. The number of pyridine rings is 1. The molecule has 1 unspecified atom stereocenters. The lowest BCUT2D eigenvalue weighted by Crippen LogP contribution is -2.56. The van der Waals surface area contributed by atoms with Gasteiger partial charge in [-0.05, 0) is 38.3 Å². The monoisotopic (exact) mass is 299 g/mol. The molecule has 0 amide bonds. The Labute approximate surface area is 122 Å². The van der Waals surface area contributed by atoms with Gasteiger partial charge in [-0.3, -0.25) is 4.90 Å². The summed E-state index contributed by atoms with van der Waals surface area (Å²) < 4.78 is 38.3. The van der Waals surface area contributed by atoms with E-state index in [9.17, 15) is 13.2 Å². The minimum Gasteiger partial charge on any atom is -0.351 e. The van der Waals surface area contributed by atoms with Crippen LogP contribution in [0, 0.1) is 0 Å². The molecule has 1 aromatic rings. The Morgan fingerprint density at radius 3 is 2.71 bits per heavy atom. The van der Waals surface area contributed by atoms with Gasteiger partial charge in [-0.25, -0.2) is 4.98 Å². The average molecular weight is 299 g/mol. The Balaban J connectivity index is 1.85. The van der Waals surface area contributed by atoms with Crippen molar-refractivity contribution >= 4 is 5.82 Å². The third-order valence-corrected chi connectivity index (χ3v) is 4.53. The van der Waals surface area contributed by atoms with E-state index in [4.69, 9.17) is 0 Å². The van der Waals surface area contributed by atoms with Gasteiger partial charge in [0.25, 0.3) is 0 Å². The molecule has 3 rings (SSSR count). The number of alkyl halides is 3. The van der Waals surface area contributed by atoms with Crippen LogP contribution in [0.1, 0.15) is 31.4 Å². The number of halogens is 3. The number of nitrogens with zero attached hydrogens (tertiary/aromatic N) is 3. The maximum Gasteiger partial charge on any atom is 0.417 e. The zero-order valence-electron chi connectivity index (χ0n) is 12.3. The smallest absolute Gasteiger partial charge is 0.351 e. The number of aromatic nitrogens is 1. The predicted octanol–water partition coefficient (Wildman–Crippen LogP) is 2.95. The summed E-state index contributed by atoms with van der Waals surface area (Å²) in [4.78, 5) is 8.75. The lowest BCUT2D eigenvalue weighted by atomic mass is 9.95. The number of aryl methyl sites for hydroxylation is 1. The molecule has 0 bridgehead atoms. The van der Waals surface area contributed by atoms with E-state index in [0.717, 1.165) is 43.6 Å². The Morgan fingerprint density at radius 1 is 1.29 bits per heavy atom. The van der Waals surface area contributed by atoms with Crippen LogP contribution in [0.15, 0.2) is 12.3 Å². The zero-order valence-corrected chi connectivity index (χ0v) is 12.3. The molecule has 0 spiro atoms. The van der Waals surface area contributed by atoms with Crippen LogP contribution in [0.2, 0.25) is 0 Å². The highest BCUT2D eigenvalue weighted by Gasteiger charge is 2.36. The fourth-order valence-electron chi connectivity index (χ4n) is 3.30. The summed E-state index contributed by atoms with van der Waals surface area (Å²) in [5, 5.41) is 0. The van der Waals surface area contributed by atoms with Gasteiger partial charge in [-0.2, -0.15) is 13.2 Å². The summed E-state index contributed by atoms with van der Waals surface area (Å²) in [5.41, 5.74) is 0.0968. The highest BCUT2D eigenvalue weighted by Crippen LogP contribution is 2.36. The largest absolute Gasteiger partial charge is 0.417 e. The second-order valence-corrected chi connectivity index (χ2v) is 6.18. The van der Waals surface area contributed by atoms with E-state index in [1.165, 1.54) is 6.07 Å². The van der Waals surface area contributed by atoms with Crippen LogP contribution in [-0.2, 0) is 12.6 Å². The van der Waals surface area contributed by atoms with Crippen molar-refractivity contribution < 1.29 is 13.2 Å². The summed E-state index contributed by atoms with van der Waals surface area (Å²) in [5.74, 6) is 0.752. The van der Waals surface area contributed by atoms with Crippen LogP contribution >= 0.6 is 0 Å². The molecule has 0 aromatic carbocycles. The van der Waals surface area contributed by atoms with Gasteiger partial charge in [0.1, 0.15) is 5.82 Å². The van der Waals surface area contributed by atoms with Gasteiger partial charge in [0, 0.05) is 37.9 Å². The number of piperazine rings is 1. The molecule has 0 radical (unpaired) electrons. The number of hydrogen-bond donors (Lipinski definition) is 0. The van der Waals surface area contributed by atoms with Crippen molar-refractivity contribution in [3.05, 3.63) is 23.4 Å². The fraction of sp³-hybridized carbons (Fsp3) is 0.667. The second kappa shape index (κ2) is 5.16. The fourth-order valence-corrected chi connectivity index (χ4v) is 3.30. The molecular weight excluding hydrogens is 279 g/mol. The molecule has 0 N–H and O–H groups in total. The number of anilines is 1. The summed E-state index contributed by atoms with van der Waals surface area (Å²) in [6.45, 7) is 7.12. The molecule has 0 aliphatic carbocycles. The number of rotatable bonds is 1. The van der Waals surface area contributed by atoms with Crippen molar-refractivity contribution in [1.29, 1.82) is 0 Å². The van der Waals surface area contributed by atoms with E-state index in [2.05, 4.69) is 28.6 Å². The van der Waals surface area contributed by atoms with Crippen molar-refractivity contribution in [1.82, 2.24) is 9.88 Å². The molecule has 2 aliphatic heterocycles. The second-order valence-electron chi connectivity index (χ2n) is 6.18. The summed E-state index contributed by atoms with van der Waals surface area (Å²) >= 11 is 0. The van der Waals surface area contributed by atoms with Crippen molar-refractivity contribution in [2.24, 2.45) is 0 Å². The normalized spacial score (nSPS) is 23.1. The molecular formula is C15H20F3N3. The van der Waals surface area contributed by atoms with Crippen LogP contribution in [0.4, 0.5) is 19.0 Å². The molecule has 116 valence electrons. The van der Waals surface area contributed by atoms with Gasteiger partial charge in [0.05, 0.1) is 5.56 Å². The maximum atomic E-state index is 12.8. The van der Waals surface area contributed by atoms with Crippen LogP contribution in [0.5, 0.6) is 0 Å². The quantitative estimate of drug-likeness (QED) is 0.795. The van der Waals surface area contributed by atoms with E-state index in [-0.39, 0.29) is 0 Å². The van der Waals surface area contributed by atoms with E-state index in [1.807, 2.05) is 0 Å². The number of fused-ring (bicyclic) bond motifs is 3. The molecule has 2 aliphatic rings. The first-order chi connectivity index (χ1) is 9.86. The van der Waals surface area contributed by atoms with Crippen molar-refractivity contribution in [3.8, 4) is 0 Å². The SMILES string of the molecule is CC(C)N1CCN2c3ncc(C(F)(F)F)cc3CCC2C1.